The van der Waals surface area contributed by atoms with Gasteiger partial charge in [-0.3, -0.25) is 9.67 Å². The predicted molar refractivity (Wildman–Crippen MR) is 108 cm³/mol. The summed E-state index contributed by atoms with van der Waals surface area (Å²) in [6.45, 7) is 4.26. The summed E-state index contributed by atoms with van der Waals surface area (Å²) in [5.74, 6) is 1.44. The number of aryl methyl sites for hydroxylation is 2. The molecule has 1 aliphatic rings. The molecule has 0 atom stereocenters. The molecule has 1 saturated carbocycles. The maximum Gasteiger partial charge on any atom is 0.154 e. The van der Waals surface area contributed by atoms with Crippen LogP contribution in [0.5, 0.6) is 0 Å². The van der Waals surface area contributed by atoms with E-state index in [1.54, 1.807) is 0 Å². The molecular weight excluding hydrogens is 350 g/mol. The lowest BCUT2D eigenvalue weighted by Gasteiger charge is -2.10. The molecule has 0 aromatic carbocycles. The minimum Gasteiger partial charge on any atom is -0.323 e. The van der Waals surface area contributed by atoms with Gasteiger partial charge >= 0.3 is 0 Å². The van der Waals surface area contributed by atoms with Gasteiger partial charge < -0.3 is 5.32 Å². The number of nitrogens with one attached hydrogen (secondary N) is 1. The normalized spacial score (nSPS) is 15.0. The smallest absolute Gasteiger partial charge is 0.154 e. The average Bonchev–Trinajstić information content (AvgIpc) is 3.35. The number of aromatic nitrogens is 6. The minimum absolute atomic E-state index is 0.254. The molecule has 1 N–H and O–H groups in total. The third-order valence-corrected chi connectivity index (χ3v) is 5.47. The Labute approximate surface area is 162 Å². The van der Waals surface area contributed by atoms with Crippen molar-refractivity contribution in [1.82, 2.24) is 29.9 Å². The fraction of sp³-hybridized carbons (Fsp3) is 0.286. The summed E-state index contributed by atoms with van der Waals surface area (Å²) in [6.07, 6.45) is 8.13. The molecule has 5 rings (SSSR count). The van der Waals surface area contributed by atoms with Gasteiger partial charge in [0.1, 0.15) is 5.82 Å². The standard InChI is InChI=1S/C21H21N7/c1-13-16(12-28(3)27-13)14-8-18-17(22-10-14)4-5-19(24-18)25-20-9-15(11-23-26-20)21(2)6-7-21/h4-5,8-12H,6-7H2,1-3H3,(H,24,25,26). The molecule has 0 bridgehead atoms. The van der Waals surface area contributed by atoms with Crippen LogP contribution in [0.3, 0.4) is 0 Å². The molecule has 1 aliphatic carbocycles. The molecule has 7 heteroatoms. The van der Waals surface area contributed by atoms with Crippen molar-refractivity contribution in [3.63, 3.8) is 0 Å². The maximum absolute atomic E-state index is 4.73. The van der Waals surface area contributed by atoms with Crippen molar-refractivity contribution in [3.05, 3.63) is 54.1 Å². The lowest BCUT2D eigenvalue weighted by Crippen LogP contribution is -2.04. The first-order valence-electron chi connectivity index (χ1n) is 9.38. The Morgan fingerprint density at radius 1 is 1.07 bits per heavy atom. The molecule has 0 radical (unpaired) electrons. The molecule has 4 heterocycles. The van der Waals surface area contributed by atoms with E-state index >= 15 is 0 Å². The van der Waals surface area contributed by atoms with Gasteiger partial charge in [-0.05, 0) is 55.0 Å². The Balaban J connectivity index is 1.48. The van der Waals surface area contributed by atoms with E-state index in [0.29, 0.717) is 5.82 Å². The van der Waals surface area contributed by atoms with Gasteiger partial charge in [0.05, 0.1) is 22.9 Å². The summed E-state index contributed by atoms with van der Waals surface area (Å²) in [7, 11) is 1.92. The Morgan fingerprint density at radius 2 is 1.93 bits per heavy atom. The predicted octanol–water partition coefficient (Wildman–Crippen LogP) is 3.92. The fourth-order valence-corrected chi connectivity index (χ4v) is 3.47. The SMILES string of the molecule is Cc1nn(C)cc1-c1cnc2ccc(Nc3cc(C4(C)CC4)cnn3)nc2c1. The van der Waals surface area contributed by atoms with Gasteiger partial charge in [0, 0.05) is 30.6 Å². The van der Waals surface area contributed by atoms with Crippen LogP contribution in [0.15, 0.2) is 42.9 Å². The van der Waals surface area contributed by atoms with E-state index in [9.17, 15) is 0 Å². The number of pyridine rings is 2. The van der Waals surface area contributed by atoms with Gasteiger partial charge in [-0.15, -0.1) is 5.10 Å². The van der Waals surface area contributed by atoms with E-state index < -0.39 is 0 Å². The molecule has 0 amide bonds. The molecule has 0 unspecified atom stereocenters. The Bertz CT molecular complexity index is 1190. The molecule has 28 heavy (non-hydrogen) atoms. The quantitative estimate of drug-likeness (QED) is 0.585. The van der Waals surface area contributed by atoms with E-state index in [1.165, 1.54) is 18.4 Å². The zero-order valence-corrected chi connectivity index (χ0v) is 16.1. The zero-order valence-electron chi connectivity index (χ0n) is 16.1. The highest BCUT2D eigenvalue weighted by Crippen LogP contribution is 2.47. The molecule has 140 valence electrons. The Morgan fingerprint density at radius 3 is 2.68 bits per heavy atom. The minimum atomic E-state index is 0.254. The van der Waals surface area contributed by atoms with E-state index in [0.717, 1.165) is 33.7 Å². The van der Waals surface area contributed by atoms with Gasteiger partial charge in [0.15, 0.2) is 5.82 Å². The third-order valence-electron chi connectivity index (χ3n) is 5.47. The lowest BCUT2D eigenvalue weighted by molar-refractivity contribution is 0.756. The highest BCUT2D eigenvalue weighted by Gasteiger charge is 2.39. The van der Waals surface area contributed by atoms with Crippen LogP contribution in [-0.2, 0) is 12.5 Å². The first kappa shape index (κ1) is 16.8. The van der Waals surface area contributed by atoms with Crippen molar-refractivity contribution in [2.24, 2.45) is 7.05 Å². The summed E-state index contributed by atoms with van der Waals surface area (Å²) in [4.78, 5) is 9.29. The first-order valence-corrected chi connectivity index (χ1v) is 9.38. The molecule has 0 aliphatic heterocycles. The van der Waals surface area contributed by atoms with Crippen LogP contribution in [0.4, 0.5) is 11.6 Å². The second kappa shape index (κ2) is 6.09. The molecule has 0 saturated heterocycles. The molecule has 4 aromatic rings. The summed E-state index contributed by atoms with van der Waals surface area (Å²) in [6, 6.07) is 7.99. The average molecular weight is 371 g/mol. The van der Waals surface area contributed by atoms with Crippen LogP contribution >= 0.6 is 0 Å². The zero-order chi connectivity index (χ0) is 19.3. The van der Waals surface area contributed by atoms with Crippen molar-refractivity contribution < 1.29 is 0 Å². The molecule has 7 nitrogen and oxygen atoms in total. The van der Waals surface area contributed by atoms with Gasteiger partial charge in [0.2, 0.25) is 0 Å². The summed E-state index contributed by atoms with van der Waals surface area (Å²) in [5.41, 5.74) is 6.19. The number of hydrogen-bond donors (Lipinski definition) is 1. The molecule has 1 fully saturated rings. The second-order valence-electron chi connectivity index (χ2n) is 7.78. The highest BCUT2D eigenvalue weighted by atomic mass is 15.2. The molecule has 4 aromatic heterocycles. The van der Waals surface area contributed by atoms with Crippen LogP contribution < -0.4 is 5.32 Å². The van der Waals surface area contributed by atoms with Crippen molar-refractivity contribution in [2.75, 3.05) is 5.32 Å². The van der Waals surface area contributed by atoms with E-state index in [2.05, 4.69) is 38.6 Å². The topological polar surface area (TPSA) is 81.4 Å². The van der Waals surface area contributed by atoms with Gasteiger partial charge in [0.25, 0.3) is 0 Å². The van der Waals surface area contributed by atoms with Gasteiger partial charge in [-0.25, -0.2) is 4.98 Å². The van der Waals surface area contributed by atoms with E-state index in [1.807, 2.05) is 55.4 Å². The van der Waals surface area contributed by atoms with Crippen LogP contribution in [0.2, 0.25) is 0 Å². The van der Waals surface area contributed by atoms with Crippen molar-refractivity contribution in [2.45, 2.75) is 32.1 Å². The van der Waals surface area contributed by atoms with E-state index in [4.69, 9.17) is 4.98 Å². The summed E-state index contributed by atoms with van der Waals surface area (Å²) in [5, 5.41) is 16.1. The number of anilines is 2. The van der Waals surface area contributed by atoms with Crippen LogP contribution in [-0.4, -0.2) is 29.9 Å². The van der Waals surface area contributed by atoms with Crippen LogP contribution in [0.25, 0.3) is 22.2 Å². The number of nitrogens with zero attached hydrogens (tertiary/aromatic N) is 6. The highest BCUT2D eigenvalue weighted by molar-refractivity contribution is 5.82. The second-order valence-corrected chi connectivity index (χ2v) is 7.78. The number of fused-ring (bicyclic) bond motifs is 1. The number of rotatable bonds is 4. The summed E-state index contributed by atoms with van der Waals surface area (Å²) >= 11 is 0. The van der Waals surface area contributed by atoms with Crippen LogP contribution in [0.1, 0.15) is 31.0 Å². The van der Waals surface area contributed by atoms with Crippen molar-refractivity contribution in [3.8, 4) is 11.1 Å². The Kier molecular flexibility index (Phi) is 3.65. The first-order chi connectivity index (χ1) is 13.5. The van der Waals surface area contributed by atoms with Crippen molar-refractivity contribution >= 4 is 22.7 Å². The molecular formula is C21H21N7. The molecule has 0 spiro atoms. The third kappa shape index (κ3) is 2.98. The summed E-state index contributed by atoms with van der Waals surface area (Å²) < 4.78 is 1.81. The monoisotopic (exact) mass is 371 g/mol. The lowest BCUT2D eigenvalue weighted by atomic mass is 10.0. The van der Waals surface area contributed by atoms with E-state index in [-0.39, 0.29) is 5.41 Å². The Hall–Kier alpha value is -3.35. The maximum atomic E-state index is 4.73. The van der Waals surface area contributed by atoms with Crippen LogP contribution in [0, 0.1) is 6.92 Å². The number of hydrogen-bond acceptors (Lipinski definition) is 6. The fourth-order valence-electron chi connectivity index (χ4n) is 3.47. The van der Waals surface area contributed by atoms with Gasteiger partial charge in [-0.2, -0.15) is 10.2 Å². The largest absolute Gasteiger partial charge is 0.323 e. The van der Waals surface area contributed by atoms with Gasteiger partial charge in [-0.1, -0.05) is 6.92 Å². The van der Waals surface area contributed by atoms with Crippen molar-refractivity contribution in [1.29, 1.82) is 0 Å².